The van der Waals surface area contributed by atoms with E-state index >= 15 is 0 Å². The van der Waals surface area contributed by atoms with Gasteiger partial charge in [0.15, 0.2) is 0 Å². The van der Waals surface area contributed by atoms with Gasteiger partial charge < -0.3 is 15.2 Å². The van der Waals surface area contributed by atoms with E-state index in [0.29, 0.717) is 5.92 Å². The van der Waals surface area contributed by atoms with Crippen LogP contribution in [0.4, 0.5) is 4.79 Å². The summed E-state index contributed by atoms with van der Waals surface area (Å²) in [5.74, 6) is 1.44. The molecule has 5 nitrogen and oxygen atoms in total. The third-order valence-electron chi connectivity index (χ3n) is 4.96. The van der Waals surface area contributed by atoms with Crippen molar-refractivity contribution in [1.82, 2.24) is 20.2 Å². The van der Waals surface area contributed by atoms with E-state index in [9.17, 15) is 4.79 Å². The fraction of sp³-hybridized carbons (Fsp3) is 0.368. The Labute approximate surface area is 151 Å². The van der Waals surface area contributed by atoms with Crippen LogP contribution in [0.3, 0.4) is 0 Å². The molecule has 1 aliphatic rings. The number of H-pyrrole nitrogens is 1. The van der Waals surface area contributed by atoms with Crippen molar-refractivity contribution in [3.63, 3.8) is 0 Å². The van der Waals surface area contributed by atoms with Gasteiger partial charge in [0.2, 0.25) is 0 Å². The molecule has 0 radical (unpaired) electrons. The number of rotatable bonds is 3. The van der Waals surface area contributed by atoms with Crippen LogP contribution in [0.25, 0.3) is 11.0 Å². The Hall–Kier alpha value is -2.34. The minimum atomic E-state index is 0.0294. The van der Waals surface area contributed by atoms with Crippen molar-refractivity contribution in [3.8, 4) is 0 Å². The van der Waals surface area contributed by atoms with Crippen LogP contribution in [-0.2, 0) is 0 Å². The van der Waals surface area contributed by atoms with Gasteiger partial charge in [-0.3, -0.25) is 0 Å². The van der Waals surface area contributed by atoms with Gasteiger partial charge in [-0.15, -0.1) is 0 Å². The first-order valence-corrected chi connectivity index (χ1v) is 9.67. The molecule has 1 aromatic carbocycles. The van der Waals surface area contributed by atoms with Gasteiger partial charge in [0.1, 0.15) is 5.82 Å². The largest absolute Gasteiger partial charge is 0.342 e. The van der Waals surface area contributed by atoms with Crippen molar-refractivity contribution in [2.24, 2.45) is 0 Å². The first-order valence-electron chi connectivity index (χ1n) is 8.73. The summed E-state index contributed by atoms with van der Waals surface area (Å²) >= 11 is 1.65. The van der Waals surface area contributed by atoms with Crippen LogP contribution in [0.1, 0.15) is 43.1 Å². The van der Waals surface area contributed by atoms with Crippen LogP contribution in [0.5, 0.6) is 0 Å². The molecule has 25 heavy (non-hydrogen) atoms. The van der Waals surface area contributed by atoms with E-state index in [2.05, 4.69) is 27.8 Å². The highest BCUT2D eigenvalue weighted by Gasteiger charge is 2.26. The lowest BCUT2D eigenvalue weighted by Gasteiger charge is -2.32. The average molecular weight is 354 g/mol. The standard InChI is InChI=1S/C19H22N4OS/c1-13(15-8-11-25-12-15)20-19(24)23-9-6-14(7-10-23)18-21-16-4-2-3-5-17(16)22-18/h2-5,8,11-14H,6-7,9-10H2,1H3,(H,20,24)(H,21,22)/t13-/m1/s1. The number of piperidine rings is 1. The Morgan fingerprint density at radius 3 is 2.84 bits per heavy atom. The summed E-state index contributed by atoms with van der Waals surface area (Å²) in [7, 11) is 0. The van der Waals surface area contributed by atoms with E-state index < -0.39 is 0 Å². The number of amides is 2. The van der Waals surface area contributed by atoms with E-state index in [1.165, 1.54) is 0 Å². The zero-order chi connectivity index (χ0) is 17.2. The average Bonchev–Trinajstić information content (AvgIpc) is 3.31. The molecule has 4 rings (SSSR count). The highest BCUT2D eigenvalue weighted by molar-refractivity contribution is 7.07. The van der Waals surface area contributed by atoms with Crippen molar-refractivity contribution < 1.29 is 4.79 Å². The monoisotopic (exact) mass is 354 g/mol. The number of hydrogen-bond acceptors (Lipinski definition) is 3. The van der Waals surface area contributed by atoms with Gasteiger partial charge in [0.05, 0.1) is 17.1 Å². The minimum absolute atomic E-state index is 0.0294. The van der Waals surface area contributed by atoms with Gasteiger partial charge in [0.25, 0.3) is 0 Å². The predicted octanol–water partition coefficient (Wildman–Crippen LogP) is 4.27. The molecule has 0 bridgehead atoms. The topological polar surface area (TPSA) is 61.0 Å². The first kappa shape index (κ1) is 16.1. The van der Waals surface area contributed by atoms with Crippen molar-refractivity contribution in [2.45, 2.75) is 31.7 Å². The Kier molecular flexibility index (Phi) is 4.44. The molecule has 1 fully saturated rings. The summed E-state index contributed by atoms with van der Waals surface area (Å²) in [6.45, 7) is 3.56. The second-order valence-corrected chi connectivity index (χ2v) is 7.41. The lowest BCUT2D eigenvalue weighted by atomic mass is 9.96. The third kappa shape index (κ3) is 3.39. The highest BCUT2D eigenvalue weighted by atomic mass is 32.1. The minimum Gasteiger partial charge on any atom is -0.342 e. The number of thiophene rings is 1. The van der Waals surface area contributed by atoms with E-state index in [-0.39, 0.29) is 12.1 Å². The summed E-state index contributed by atoms with van der Waals surface area (Å²) in [5, 5.41) is 7.22. The fourth-order valence-corrected chi connectivity index (χ4v) is 4.16. The quantitative estimate of drug-likeness (QED) is 0.738. The van der Waals surface area contributed by atoms with Crippen LogP contribution in [0.2, 0.25) is 0 Å². The molecule has 1 aliphatic heterocycles. The Morgan fingerprint density at radius 2 is 2.12 bits per heavy atom. The number of benzene rings is 1. The molecule has 0 aliphatic carbocycles. The normalized spacial score (nSPS) is 16.9. The van der Waals surface area contributed by atoms with Gasteiger partial charge in [-0.2, -0.15) is 11.3 Å². The molecule has 1 saturated heterocycles. The molecule has 6 heteroatoms. The molecule has 0 saturated carbocycles. The number of para-hydroxylation sites is 2. The third-order valence-corrected chi connectivity index (χ3v) is 5.66. The van der Waals surface area contributed by atoms with Crippen molar-refractivity contribution in [3.05, 3.63) is 52.5 Å². The predicted molar refractivity (Wildman–Crippen MR) is 101 cm³/mol. The lowest BCUT2D eigenvalue weighted by molar-refractivity contribution is 0.177. The molecule has 2 N–H and O–H groups in total. The lowest BCUT2D eigenvalue weighted by Crippen LogP contribution is -2.44. The highest BCUT2D eigenvalue weighted by Crippen LogP contribution is 2.28. The van der Waals surface area contributed by atoms with Gasteiger partial charge in [0, 0.05) is 19.0 Å². The van der Waals surface area contributed by atoms with E-state index in [1.54, 1.807) is 11.3 Å². The van der Waals surface area contributed by atoms with Crippen LogP contribution in [0, 0.1) is 0 Å². The smallest absolute Gasteiger partial charge is 0.317 e. The maximum Gasteiger partial charge on any atom is 0.317 e. The van der Waals surface area contributed by atoms with Gasteiger partial charge in [-0.25, -0.2) is 9.78 Å². The molecule has 3 aromatic rings. The van der Waals surface area contributed by atoms with Crippen molar-refractivity contribution in [1.29, 1.82) is 0 Å². The van der Waals surface area contributed by atoms with E-state index in [1.807, 2.05) is 35.4 Å². The summed E-state index contributed by atoms with van der Waals surface area (Å²) < 4.78 is 0. The number of nitrogens with one attached hydrogen (secondary N) is 2. The Balaban J connectivity index is 1.35. The van der Waals surface area contributed by atoms with Gasteiger partial charge >= 0.3 is 6.03 Å². The number of nitrogens with zero attached hydrogens (tertiary/aromatic N) is 2. The molecule has 130 valence electrons. The zero-order valence-electron chi connectivity index (χ0n) is 14.2. The number of fused-ring (bicyclic) bond motifs is 1. The second kappa shape index (κ2) is 6.88. The van der Waals surface area contributed by atoms with Crippen LogP contribution in [0.15, 0.2) is 41.1 Å². The number of aromatic nitrogens is 2. The number of urea groups is 1. The van der Waals surface area contributed by atoms with Crippen molar-refractivity contribution >= 4 is 28.4 Å². The molecule has 0 unspecified atom stereocenters. The molecule has 2 amide bonds. The summed E-state index contributed by atoms with van der Waals surface area (Å²) in [5.41, 5.74) is 3.26. The molecule has 3 heterocycles. The number of likely N-dealkylation sites (tertiary alicyclic amines) is 1. The number of aromatic amines is 1. The Morgan fingerprint density at radius 1 is 1.32 bits per heavy atom. The number of hydrogen-bond donors (Lipinski definition) is 2. The van der Waals surface area contributed by atoms with Crippen LogP contribution in [-0.4, -0.2) is 34.0 Å². The maximum absolute atomic E-state index is 12.5. The summed E-state index contributed by atoms with van der Waals surface area (Å²) in [4.78, 5) is 22.5. The zero-order valence-corrected chi connectivity index (χ0v) is 15.1. The van der Waals surface area contributed by atoms with Crippen molar-refractivity contribution in [2.75, 3.05) is 13.1 Å². The van der Waals surface area contributed by atoms with E-state index in [0.717, 1.165) is 48.4 Å². The van der Waals surface area contributed by atoms with Crippen LogP contribution >= 0.6 is 11.3 Å². The van der Waals surface area contributed by atoms with Gasteiger partial charge in [-0.1, -0.05) is 12.1 Å². The number of carbonyl (C=O) groups excluding carboxylic acids is 1. The summed E-state index contributed by atoms with van der Waals surface area (Å²) in [6, 6.07) is 10.3. The first-order chi connectivity index (χ1) is 12.2. The molecular formula is C19H22N4OS. The maximum atomic E-state index is 12.5. The molecule has 1 atom stereocenters. The second-order valence-electron chi connectivity index (χ2n) is 6.63. The summed E-state index contributed by atoms with van der Waals surface area (Å²) in [6.07, 6.45) is 1.89. The number of imidazole rings is 1. The van der Waals surface area contributed by atoms with Gasteiger partial charge in [-0.05, 0) is 54.3 Å². The van der Waals surface area contributed by atoms with E-state index in [4.69, 9.17) is 4.98 Å². The molecule has 2 aromatic heterocycles. The molecular weight excluding hydrogens is 332 g/mol. The number of carbonyl (C=O) groups is 1. The Bertz CT molecular complexity index is 816. The fourth-order valence-electron chi connectivity index (χ4n) is 3.40. The molecule has 0 spiro atoms. The SMILES string of the molecule is C[C@@H](NC(=O)N1CCC(c2nc3ccccc3[nH]2)CC1)c1ccsc1. The van der Waals surface area contributed by atoms with Crippen LogP contribution < -0.4 is 5.32 Å².